The van der Waals surface area contributed by atoms with E-state index in [1.807, 2.05) is 22.8 Å². The van der Waals surface area contributed by atoms with Crippen LogP contribution in [0, 0.1) is 11.3 Å². The molecule has 38 heavy (non-hydrogen) atoms. The molecule has 3 aromatic rings. The molecule has 0 radical (unpaired) electrons. The zero-order valence-corrected chi connectivity index (χ0v) is 21.4. The number of alkyl halides is 3. The van der Waals surface area contributed by atoms with Crippen molar-refractivity contribution in [2.45, 2.75) is 19.1 Å². The van der Waals surface area contributed by atoms with E-state index in [1.165, 1.54) is 12.3 Å². The Bertz CT molecular complexity index is 1360. The Balaban J connectivity index is 1.54. The summed E-state index contributed by atoms with van der Waals surface area (Å²) in [5, 5.41) is 10.7. The largest absolute Gasteiger partial charge is 0.419 e. The topological polar surface area (TPSA) is 81.4 Å². The van der Waals surface area contributed by atoms with Crippen LogP contribution in [0.5, 0.6) is 0 Å². The fourth-order valence-electron chi connectivity index (χ4n) is 4.83. The molecule has 8 nitrogen and oxygen atoms in total. The molecule has 2 saturated heterocycles. The number of nitriles is 1. The van der Waals surface area contributed by atoms with Crippen LogP contribution in [0.15, 0.2) is 42.6 Å². The first kappa shape index (κ1) is 26.0. The van der Waals surface area contributed by atoms with Gasteiger partial charge in [0.25, 0.3) is 0 Å². The zero-order valence-electron chi connectivity index (χ0n) is 20.6. The van der Waals surface area contributed by atoms with Crippen molar-refractivity contribution in [2.75, 3.05) is 60.6 Å². The number of rotatable bonds is 4. The van der Waals surface area contributed by atoms with Crippen LogP contribution in [-0.4, -0.2) is 66.9 Å². The van der Waals surface area contributed by atoms with E-state index >= 15 is 0 Å². The Morgan fingerprint density at radius 3 is 2.50 bits per heavy atom. The summed E-state index contributed by atoms with van der Waals surface area (Å²) >= 11 is 6.25. The standard InChI is InChI=1S/C26H25ClF3N7O/c1-17-16-36(24-21(26(28,29)30)6-3-7-32-24)8-9-37(17)23-20(15-31)22(18-4-2-5-19(27)14-18)33-25(34-23)35-10-12-38-13-11-35/h2-7,14,17H,8-13,16H2,1H3. The summed E-state index contributed by atoms with van der Waals surface area (Å²) in [5.74, 6) is 0.822. The van der Waals surface area contributed by atoms with E-state index < -0.39 is 11.7 Å². The highest BCUT2D eigenvalue weighted by Crippen LogP contribution is 2.37. The molecule has 198 valence electrons. The number of benzene rings is 1. The number of ether oxygens (including phenoxy) is 1. The summed E-state index contributed by atoms with van der Waals surface area (Å²) in [5.41, 5.74) is 0.665. The number of hydrogen-bond donors (Lipinski definition) is 0. The molecule has 4 heterocycles. The quantitative estimate of drug-likeness (QED) is 0.471. The third-order valence-electron chi connectivity index (χ3n) is 6.67. The van der Waals surface area contributed by atoms with Crippen molar-refractivity contribution < 1.29 is 17.9 Å². The summed E-state index contributed by atoms with van der Waals surface area (Å²) < 4.78 is 46.4. The first-order valence-electron chi connectivity index (χ1n) is 12.2. The summed E-state index contributed by atoms with van der Waals surface area (Å²) in [7, 11) is 0. The lowest BCUT2D eigenvalue weighted by Crippen LogP contribution is -2.53. The van der Waals surface area contributed by atoms with E-state index in [0.29, 0.717) is 66.5 Å². The van der Waals surface area contributed by atoms with Crippen molar-refractivity contribution in [3.63, 3.8) is 0 Å². The lowest BCUT2D eigenvalue weighted by Gasteiger charge is -2.42. The second kappa shape index (κ2) is 10.6. The number of morpholine rings is 1. The van der Waals surface area contributed by atoms with Crippen LogP contribution in [0.1, 0.15) is 18.1 Å². The second-order valence-corrected chi connectivity index (χ2v) is 9.59. The van der Waals surface area contributed by atoms with Gasteiger partial charge in [0, 0.05) is 55.5 Å². The second-order valence-electron chi connectivity index (χ2n) is 9.15. The SMILES string of the molecule is CC1CN(c2ncccc2C(F)(F)F)CCN1c1nc(N2CCOCC2)nc(-c2cccc(Cl)c2)c1C#N. The van der Waals surface area contributed by atoms with Gasteiger partial charge >= 0.3 is 6.18 Å². The predicted octanol–water partition coefficient (Wildman–Crippen LogP) is 4.63. The van der Waals surface area contributed by atoms with E-state index in [4.69, 9.17) is 26.3 Å². The molecule has 2 aliphatic rings. The van der Waals surface area contributed by atoms with Crippen molar-refractivity contribution in [3.05, 3.63) is 58.7 Å². The molecule has 2 aromatic heterocycles. The average Bonchev–Trinajstić information content (AvgIpc) is 2.92. The van der Waals surface area contributed by atoms with E-state index in [9.17, 15) is 18.4 Å². The van der Waals surface area contributed by atoms with Gasteiger partial charge in [-0.15, -0.1) is 0 Å². The van der Waals surface area contributed by atoms with Crippen LogP contribution in [0.2, 0.25) is 5.02 Å². The molecule has 1 aromatic carbocycles. The van der Waals surface area contributed by atoms with Gasteiger partial charge in [-0.05, 0) is 31.2 Å². The fraction of sp³-hybridized carbons (Fsp3) is 0.385. The molecular weight excluding hydrogens is 519 g/mol. The Morgan fingerprint density at radius 2 is 1.82 bits per heavy atom. The minimum atomic E-state index is -4.51. The monoisotopic (exact) mass is 543 g/mol. The van der Waals surface area contributed by atoms with E-state index in [0.717, 1.165) is 6.07 Å². The Labute approximate surface area is 223 Å². The third kappa shape index (κ3) is 5.19. The summed E-state index contributed by atoms with van der Waals surface area (Å²) in [6, 6.07) is 11.5. The molecule has 0 aliphatic carbocycles. The molecular formula is C26H25ClF3N7O. The average molecular weight is 544 g/mol. The third-order valence-corrected chi connectivity index (χ3v) is 6.91. The first-order valence-corrected chi connectivity index (χ1v) is 12.6. The summed E-state index contributed by atoms with van der Waals surface area (Å²) in [6.07, 6.45) is -3.14. The zero-order chi connectivity index (χ0) is 26.9. The van der Waals surface area contributed by atoms with Crippen molar-refractivity contribution >= 4 is 29.2 Å². The summed E-state index contributed by atoms with van der Waals surface area (Å²) in [6.45, 7) is 5.06. The number of halogens is 4. The highest BCUT2D eigenvalue weighted by molar-refractivity contribution is 6.30. The Morgan fingerprint density at radius 1 is 1.03 bits per heavy atom. The van der Waals surface area contributed by atoms with Gasteiger partial charge in [-0.25, -0.2) is 9.97 Å². The maximum atomic E-state index is 13.6. The molecule has 0 amide bonds. The maximum Gasteiger partial charge on any atom is 0.419 e. The highest BCUT2D eigenvalue weighted by atomic mass is 35.5. The molecule has 0 saturated carbocycles. The number of pyridine rings is 1. The lowest BCUT2D eigenvalue weighted by atomic mass is 10.0. The van der Waals surface area contributed by atoms with Crippen LogP contribution in [0.4, 0.5) is 30.8 Å². The molecule has 1 unspecified atom stereocenters. The molecule has 5 rings (SSSR count). The van der Waals surface area contributed by atoms with Gasteiger partial charge in [0.1, 0.15) is 17.5 Å². The van der Waals surface area contributed by atoms with Crippen molar-refractivity contribution in [3.8, 4) is 17.3 Å². The Kier molecular flexibility index (Phi) is 7.27. The van der Waals surface area contributed by atoms with Gasteiger partial charge in [0.2, 0.25) is 5.95 Å². The number of piperazine rings is 1. The van der Waals surface area contributed by atoms with Crippen LogP contribution >= 0.6 is 11.6 Å². The van der Waals surface area contributed by atoms with Crippen LogP contribution in [-0.2, 0) is 10.9 Å². The minimum absolute atomic E-state index is 0.0942. The number of anilines is 3. The van der Waals surface area contributed by atoms with Crippen molar-refractivity contribution in [2.24, 2.45) is 0 Å². The van der Waals surface area contributed by atoms with Crippen LogP contribution in [0.25, 0.3) is 11.3 Å². The molecule has 1 atom stereocenters. The van der Waals surface area contributed by atoms with Gasteiger partial charge in [0.05, 0.1) is 24.5 Å². The van der Waals surface area contributed by atoms with Gasteiger partial charge in [-0.2, -0.15) is 23.4 Å². The summed E-state index contributed by atoms with van der Waals surface area (Å²) in [4.78, 5) is 19.2. The van der Waals surface area contributed by atoms with Gasteiger partial charge < -0.3 is 19.4 Å². The molecule has 2 fully saturated rings. The van der Waals surface area contributed by atoms with E-state index in [-0.39, 0.29) is 24.9 Å². The number of nitrogens with zero attached hydrogens (tertiary/aromatic N) is 7. The Hall–Kier alpha value is -3.62. The molecule has 12 heteroatoms. The van der Waals surface area contributed by atoms with Gasteiger partial charge in [0.15, 0.2) is 5.82 Å². The number of hydrogen-bond acceptors (Lipinski definition) is 8. The smallest absolute Gasteiger partial charge is 0.378 e. The van der Waals surface area contributed by atoms with Gasteiger partial charge in [-0.3, -0.25) is 0 Å². The van der Waals surface area contributed by atoms with Gasteiger partial charge in [-0.1, -0.05) is 23.7 Å². The normalized spacial score (nSPS) is 18.4. The van der Waals surface area contributed by atoms with Crippen molar-refractivity contribution in [1.29, 1.82) is 5.26 Å². The maximum absolute atomic E-state index is 13.6. The molecule has 0 bridgehead atoms. The van der Waals surface area contributed by atoms with Crippen LogP contribution < -0.4 is 14.7 Å². The van der Waals surface area contributed by atoms with E-state index in [2.05, 4.69) is 11.1 Å². The molecule has 2 aliphatic heterocycles. The minimum Gasteiger partial charge on any atom is -0.378 e. The highest BCUT2D eigenvalue weighted by Gasteiger charge is 2.38. The van der Waals surface area contributed by atoms with Crippen molar-refractivity contribution in [1.82, 2.24) is 15.0 Å². The van der Waals surface area contributed by atoms with E-state index in [1.54, 1.807) is 23.1 Å². The lowest BCUT2D eigenvalue weighted by molar-refractivity contribution is -0.137. The fourth-order valence-corrected chi connectivity index (χ4v) is 5.02. The molecule has 0 spiro atoms. The predicted molar refractivity (Wildman–Crippen MR) is 138 cm³/mol. The first-order chi connectivity index (χ1) is 18.3. The molecule has 0 N–H and O–H groups in total. The van der Waals surface area contributed by atoms with Crippen LogP contribution in [0.3, 0.4) is 0 Å². The number of aromatic nitrogens is 3.